The summed E-state index contributed by atoms with van der Waals surface area (Å²) >= 11 is 0. The van der Waals surface area contributed by atoms with Gasteiger partial charge in [0.25, 0.3) is 0 Å². The van der Waals surface area contributed by atoms with Crippen LogP contribution in [0.25, 0.3) is 12.2 Å². The maximum absolute atomic E-state index is 2.25. The quantitative estimate of drug-likeness (QED) is 0.614. The fourth-order valence-corrected chi connectivity index (χ4v) is 2.13. The van der Waals surface area contributed by atoms with E-state index >= 15 is 0 Å². The molecule has 0 nitrogen and oxygen atoms in total. The smallest absolute Gasteiger partial charge is 0.0256 e. The van der Waals surface area contributed by atoms with Gasteiger partial charge in [-0.15, -0.1) is 0 Å². The summed E-state index contributed by atoms with van der Waals surface area (Å²) in [7, 11) is 0. The SMILES string of the molecule is CC(C)Cc1ccc(C=CC=Cc2ccccc2)cc1. The molecule has 0 aliphatic rings. The van der Waals surface area contributed by atoms with Crippen molar-refractivity contribution in [3.05, 3.63) is 83.4 Å². The highest BCUT2D eigenvalue weighted by molar-refractivity contribution is 5.57. The normalized spacial score (nSPS) is 11.8. The molecule has 0 N–H and O–H groups in total. The van der Waals surface area contributed by atoms with Crippen LogP contribution in [0.5, 0.6) is 0 Å². The van der Waals surface area contributed by atoms with Gasteiger partial charge in [-0.25, -0.2) is 0 Å². The summed E-state index contributed by atoms with van der Waals surface area (Å²) in [4.78, 5) is 0. The van der Waals surface area contributed by atoms with Gasteiger partial charge in [-0.1, -0.05) is 92.7 Å². The van der Waals surface area contributed by atoms with Crippen molar-refractivity contribution in [1.29, 1.82) is 0 Å². The predicted octanol–water partition coefficient (Wildman–Crippen LogP) is 5.61. The lowest BCUT2D eigenvalue weighted by Crippen LogP contribution is -1.93. The molecular weight excluding hydrogens is 240 g/mol. The topological polar surface area (TPSA) is 0 Å². The first-order valence-corrected chi connectivity index (χ1v) is 7.23. The zero-order valence-corrected chi connectivity index (χ0v) is 12.3. The monoisotopic (exact) mass is 262 g/mol. The molecule has 0 heteroatoms. The van der Waals surface area contributed by atoms with E-state index in [9.17, 15) is 0 Å². The van der Waals surface area contributed by atoms with Crippen LogP contribution in [0.4, 0.5) is 0 Å². The predicted molar refractivity (Wildman–Crippen MR) is 89.5 cm³/mol. The Kier molecular flexibility index (Phi) is 5.37. The average molecular weight is 262 g/mol. The van der Waals surface area contributed by atoms with Gasteiger partial charge < -0.3 is 0 Å². The Labute approximate surface area is 122 Å². The van der Waals surface area contributed by atoms with Gasteiger partial charge in [0.05, 0.1) is 0 Å². The Balaban J connectivity index is 1.93. The number of rotatable bonds is 5. The zero-order chi connectivity index (χ0) is 14.2. The van der Waals surface area contributed by atoms with E-state index in [4.69, 9.17) is 0 Å². The summed E-state index contributed by atoms with van der Waals surface area (Å²) in [5.74, 6) is 0.713. The minimum Gasteiger partial charge on any atom is -0.0625 e. The van der Waals surface area contributed by atoms with Crippen molar-refractivity contribution in [3.63, 3.8) is 0 Å². The fourth-order valence-electron chi connectivity index (χ4n) is 2.13. The molecule has 0 spiro atoms. The Morgan fingerprint density at radius 3 is 1.85 bits per heavy atom. The van der Waals surface area contributed by atoms with Crippen molar-refractivity contribution in [1.82, 2.24) is 0 Å². The van der Waals surface area contributed by atoms with Crippen molar-refractivity contribution < 1.29 is 0 Å². The molecule has 0 radical (unpaired) electrons. The second kappa shape index (κ2) is 7.49. The Morgan fingerprint density at radius 1 is 0.750 bits per heavy atom. The molecule has 0 aliphatic carbocycles. The molecule has 2 rings (SSSR count). The molecule has 2 aromatic carbocycles. The molecule has 2 aromatic rings. The highest BCUT2D eigenvalue weighted by Gasteiger charge is 1.96. The molecule has 0 heterocycles. The number of hydrogen-bond donors (Lipinski definition) is 0. The summed E-state index contributed by atoms with van der Waals surface area (Å²) in [5, 5.41) is 0. The van der Waals surface area contributed by atoms with Gasteiger partial charge in [-0.3, -0.25) is 0 Å². The molecule has 0 fully saturated rings. The minimum atomic E-state index is 0.713. The summed E-state index contributed by atoms with van der Waals surface area (Å²) in [6, 6.07) is 19.2. The van der Waals surface area contributed by atoms with E-state index in [0.717, 1.165) is 6.42 Å². The summed E-state index contributed by atoms with van der Waals surface area (Å²) in [6.07, 6.45) is 9.57. The number of benzene rings is 2. The van der Waals surface area contributed by atoms with Crippen LogP contribution in [-0.4, -0.2) is 0 Å². The van der Waals surface area contributed by atoms with Crippen LogP contribution >= 0.6 is 0 Å². The van der Waals surface area contributed by atoms with E-state index < -0.39 is 0 Å². The van der Waals surface area contributed by atoms with Crippen LogP contribution in [0.2, 0.25) is 0 Å². The minimum absolute atomic E-state index is 0.713. The van der Waals surface area contributed by atoms with Gasteiger partial charge in [0.2, 0.25) is 0 Å². The van der Waals surface area contributed by atoms with Gasteiger partial charge in [0.1, 0.15) is 0 Å². The molecular formula is C20H22. The van der Waals surface area contributed by atoms with Gasteiger partial charge in [0.15, 0.2) is 0 Å². The van der Waals surface area contributed by atoms with Crippen LogP contribution in [0.3, 0.4) is 0 Å². The highest BCUT2D eigenvalue weighted by atomic mass is 14.0. The number of hydrogen-bond acceptors (Lipinski definition) is 0. The van der Waals surface area contributed by atoms with Crippen LogP contribution in [0, 0.1) is 5.92 Å². The maximum atomic E-state index is 2.25. The van der Waals surface area contributed by atoms with Crippen LogP contribution in [0.15, 0.2) is 66.7 Å². The zero-order valence-electron chi connectivity index (χ0n) is 12.3. The lowest BCUT2D eigenvalue weighted by atomic mass is 10.0. The number of allylic oxidation sites excluding steroid dienone is 2. The Bertz CT molecular complexity index is 557. The van der Waals surface area contributed by atoms with E-state index in [2.05, 4.69) is 86.7 Å². The van der Waals surface area contributed by atoms with E-state index in [1.54, 1.807) is 0 Å². The lowest BCUT2D eigenvalue weighted by molar-refractivity contribution is 0.647. The van der Waals surface area contributed by atoms with Gasteiger partial charge in [-0.2, -0.15) is 0 Å². The maximum Gasteiger partial charge on any atom is -0.0256 e. The third kappa shape index (κ3) is 4.89. The lowest BCUT2D eigenvalue weighted by Gasteiger charge is -2.04. The fraction of sp³-hybridized carbons (Fsp3) is 0.200. The van der Waals surface area contributed by atoms with Crippen LogP contribution < -0.4 is 0 Å². The molecule has 0 amide bonds. The first-order chi connectivity index (χ1) is 9.74. The first kappa shape index (κ1) is 14.3. The van der Waals surface area contributed by atoms with Gasteiger partial charge in [-0.05, 0) is 29.0 Å². The second-order valence-corrected chi connectivity index (χ2v) is 5.47. The van der Waals surface area contributed by atoms with Gasteiger partial charge >= 0.3 is 0 Å². The van der Waals surface area contributed by atoms with E-state index in [0.29, 0.717) is 5.92 Å². The third-order valence-electron chi connectivity index (χ3n) is 3.11. The molecule has 0 saturated heterocycles. The Hall–Kier alpha value is -2.08. The molecule has 0 atom stereocenters. The molecule has 0 unspecified atom stereocenters. The summed E-state index contributed by atoms with van der Waals surface area (Å²) < 4.78 is 0. The standard InChI is InChI=1S/C20H22/c1-17(2)16-20-14-12-19(13-15-20)11-7-6-10-18-8-4-3-5-9-18/h3-15,17H,16H2,1-2H3. The van der Waals surface area contributed by atoms with Crippen molar-refractivity contribution in [2.75, 3.05) is 0 Å². The first-order valence-electron chi connectivity index (χ1n) is 7.23. The van der Waals surface area contributed by atoms with Crippen molar-refractivity contribution in [2.24, 2.45) is 5.92 Å². The molecule has 20 heavy (non-hydrogen) atoms. The van der Waals surface area contributed by atoms with E-state index in [-0.39, 0.29) is 0 Å². The van der Waals surface area contributed by atoms with Crippen LogP contribution in [-0.2, 0) is 6.42 Å². The van der Waals surface area contributed by atoms with Crippen LogP contribution in [0.1, 0.15) is 30.5 Å². The third-order valence-corrected chi connectivity index (χ3v) is 3.11. The Morgan fingerprint density at radius 2 is 1.30 bits per heavy atom. The largest absolute Gasteiger partial charge is 0.0625 e. The highest BCUT2D eigenvalue weighted by Crippen LogP contribution is 2.11. The van der Waals surface area contributed by atoms with E-state index in [1.165, 1.54) is 16.7 Å². The van der Waals surface area contributed by atoms with Gasteiger partial charge in [0, 0.05) is 0 Å². The van der Waals surface area contributed by atoms with E-state index in [1.807, 2.05) is 6.07 Å². The second-order valence-electron chi connectivity index (χ2n) is 5.47. The van der Waals surface area contributed by atoms with Crippen molar-refractivity contribution >= 4 is 12.2 Å². The molecule has 0 aromatic heterocycles. The molecule has 0 aliphatic heterocycles. The summed E-state index contributed by atoms with van der Waals surface area (Å²) in [6.45, 7) is 4.50. The average Bonchev–Trinajstić information content (AvgIpc) is 2.46. The molecule has 0 bridgehead atoms. The molecule has 102 valence electrons. The summed E-state index contributed by atoms with van der Waals surface area (Å²) in [5.41, 5.74) is 3.89. The van der Waals surface area contributed by atoms with Crippen molar-refractivity contribution in [2.45, 2.75) is 20.3 Å². The molecule has 0 saturated carbocycles. The van der Waals surface area contributed by atoms with Crippen molar-refractivity contribution in [3.8, 4) is 0 Å².